The number of thiophene rings is 1. The van der Waals surface area contributed by atoms with E-state index in [1.165, 1.54) is 37.3 Å². The lowest BCUT2D eigenvalue weighted by molar-refractivity contribution is 0.0744. The van der Waals surface area contributed by atoms with Gasteiger partial charge in [-0.05, 0) is 67.7 Å². The summed E-state index contributed by atoms with van der Waals surface area (Å²) < 4.78 is 0. The average Bonchev–Trinajstić information content (AvgIpc) is 2.94. The van der Waals surface area contributed by atoms with E-state index in [2.05, 4.69) is 29.7 Å². The highest BCUT2D eigenvalue weighted by Crippen LogP contribution is 2.29. The van der Waals surface area contributed by atoms with Crippen LogP contribution in [0.1, 0.15) is 40.9 Å². The van der Waals surface area contributed by atoms with Crippen LogP contribution in [0.15, 0.2) is 11.4 Å². The predicted molar refractivity (Wildman–Crippen MR) is 88.0 cm³/mol. The summed E-state index contributed by atoms with van der Waals surface area (Å²) in [5.74, 6) is 3.22. The standard InChI is InChI=1S/C16H23NOS2/c1-12-4-10-20-16(12)15(18)13-3-2-7-17(11-13)14-5-8-19-9-6-14/h4,10,13-14H,2-3,5-9,11H2,1H3/t13-/m1/s1. The van der Waals surface area contributed by atoms with E-state index >= 15 is 0 Å². The molecule has 0 N–H and O–H groups in total. The van der Waals surface area contributed by atoms with Crippen molar-refractivity contribution in [1.29, 1.82) is 0 Å². The largest absolute Gasteiger partial charge is 0.300 e. The van der Waals surface area contributed by atoms with Crippen molar-refractivity contribution >= 4 is 28.9 Å². The molecule has 1 aromatic rings. The summed E-state index contributed by atoms with van der Waals surface area (Å²) in [6.07, 6.45) is 4.88. The minimum Gasteiger partial charge on any atom is -0.300 e. The Bertz CT molecular complexity index is 465. The van der Waals surface area contributed by atoms with Gasteiger partial charge in [0.25, 0.3) is 0 Å². The third-order valence-corrected chi connectivity index (χ3v) is 6.70. The van der Waals surface area contributed by atoms with E-state index in [0.29, 0.717) is 5.78 Å². The summed E-state index contributed by atoms with van der Waals surface area (Å²) in [7, 11) is 0. The van der Waals surface area contributed by atoms with Crippen LogP contribution in [0.5, 0.6) is 0 Å². The molecule has 3 heterocycles. The summed E-state index contributed by atoms with van der Waals surface area (Å²) in [5, 5.41) is 2.04. The molecule has 0 aromatic carbocycles. The van der Waals surface area contributed by atoms with Gasteiger partial charge in [-0.15, -0.1) is 11.3 Å². The van der Waals surface area contributed by atoms with Crippen molar-refractivity contribution in [2.75, 3.05) is 24.6 Å². The maximum absolute atomic E-state index is 12.7. The first-order valence-electron chi connectivity index (χ1n) is 7.66. The minimum atomic E-state index is 0.232. The van der Waals surface area contributed by atoms with E-state index < -0.39 is 0 Å². The summed E-state index contributed by atoms with van der Waals surface area (Å²) in [6.45, 7) is 4.25. The number of piperidine rings is 1. The van der Waals surface area contributed by atoms with Gasteiger partial charge in [0.05, 0.1) is 4.88 Å². The lowest BCUT2D eigenvalue weighted by Crippen LogP contribution is -2.46. The molecule has 2 aliphatic heterocycles. The topological polar surface area (TPSA) is 20.3 Å². The maximum Gasteiger partial charge on any atom is 0.177 e. The van der Waals surface area contributed by atoms with Crippen LogP contribution < -0.4 is 0 Å². The number of carbonyl (C=O) groups is 1. The molecule has 0 unspecified atom stereocenters. The van der Waals surface area contributed by atoms with Gasteiger partial charge in [-0.2, -0.15) is 11.8 Å². The Kier molecular flexibility index (Phi) is 4.84. The van der Waals surface area contributed by atoms with Gasteiger partial charge in [0.15, 0.2) is 5.78 Å². The molecule has 2 nitrogen and oxygen atoms in total. The van der Waals surface area contributed by atoms with E-state index in [0.717, 1.165) is 29.4 Å². The number of ketones is 1. The lowest BCUT2D eigenvalue weighted by atomic mass is 9.90. The van der Waals surface area contributed by atoms with E-state index in [-0.39, 0.29) is 5.92 Å². The van der Waals surface area contributed by atoms with Crippen LogP contribution in [-0.4, -0.2) is 41.3 Å². The van der Waals surface area contributed by atoms with E-state index in [1.54, 1.807) is 11.3 Å². The first-order chi connectivity index (χ1) is 9.75. The average molecular weight is 310 g/mol. The van der Waals surface area contributed by atoms with Gasteiger partial charge in [-0.25, -0.2) is 0 Å². The van der Waals surface area contributed by atoms with Gasteiger partial charge >= 0.3 is 0 Å². The SMILES string of the molecule is Cc1ccsc1C(=O)[C@@H]1CCCN(C2CCSCC2)C1. The highest BCUT2D eigenvalue weighted by atomic mass is 32.2. The Morgan fingerprint density at radius 2 is 2.10 bits per heavy atom. The molecular formula is C16H23NOS2. The van der Waals surface area contributed by atoms with E-state index in [9.17, 15) is 4.79 Å². The molecule has 20 heavy (non-hydrogen) atoms. The fraction of sp³-hybridized carbons (Fsp3) is 0.688. The molecule has 2 fully saturated rings. The molecule has 1 aromatic heterocycles. The highest BCUT2D eigenvalue weighted by molar-refractivity contribution is 7.99. The highest BCUT2D eigenvalue weighted by Gasteiger charge is 2.31. The summed E-state index contributed by atoms with van der Waals surface area (Å²) >= 11 is 3.69. The summed E-state index contributed by atoms with van der Waals surface area (Å²) in [4.78, 5) is 16.3. The van der Waals surface area contributed by atoms with Gasteiger partial charge in [-0.3, -0.25) is 9.69 Å². The van der Waals surface area contributed by atoms with Gasteiger partial charge in [0.1, 0.15) is 0 Å². The third-order valence-electron chi connectivity index (χ3n) is 4.62. The van der Waals surface area contributed by atoms with Crippen molar-refractivity contribution in [3.05, 3.63) is 21.9 Å². The molecule has 3 rings (SSSR count). The monoisotopic (exact) mass is 309 g/mol. The molecule has 0 spiro atoms. The Hall–Kier alpha value is -0.320. The van der Waals surface area contributed by atoms with Crippen molar-refractivity contribution in [3.63, 3.8) is 0 Å². The predicted octanol–water partition coefficient (Wildman–Crippen LogP) is 3.85. The van der Waals surface area contributed by atoms with E-state index in [4.69, 9.17) is 0 Å². The van der Waals surface area contributed by atoms with Crippen molar-refractivity contribution < 1.29 is 4.79 Å². The number of thioether (sulfide) groups is 1. The van der Waals surface area contributed by atoms with Gasteiger partial charge in [0.2, 0.25) is 0 Å². The molecular weight excluding hydrogens is 286 g/mol. The quantitative estimate of drug-likeness (QED) is 0.791. The van der Waals surface area contributed by atoms with Crippen LogP contribution in [0.25, 0.3) is 0 Å². The molecule has 4 heteroatoms. The number of likely N-dealkylation sites (tertiary alicyclic amines) is 1. The smallest absolute Gasteiger partial charge is 0.177 e. The zero-order valence-corrected chi connectivity index (χ0v) is 13.8. The second kappa shape index (κ2) is 6.63. The third kappa shape index (κ3) is 3.12. The maximum atomic E-state index is 12.7. The van der Waals surface area contributed by atoms with Crippen molar-refractivity contribution in [3.8, 4) is 0 Å². The lowest BCUT2D eigenvalue weighted by Gasteiger charge is -2.39. The number of rotatable bonds is 3. The number of hydrogen-bond acceptors (Lipinski definition) is 4. The van der Waals surface area contributed by atoms with Crippen LogP contribution in [0, 0.1) is 12.8 Å². The van der Waals surface area contributed by atoms with Gasteiger partial charge in [0, 0.05) is 18.5 Å². The molecule has 0 bridgehead atoms. The number of carbonyl (C=O) groups excluding carboxylic acids is 1. The van der Waals surface area contributed by atoms with Crippen LogP contribution in [-0.2, 0) is 0 Å². The molecule has 110 valence electrons. The number of nitrogens with zero attached hydrogens (tertiary/aromatic N) is 1. The van der Waals surface area contributed by atoms with Crippen LogP contribution in [0.4, 0.5) is 0 Å². The Morgan fingerprint density at radius 1 is 1.30 bits per heavy atom. The molecule has 0 amide bonds. The summed E-state index contributed by atoms with van der Waals surface area (Å²) in [5.41, 5.74) is 1.16. The second-order valence-corrected chi connectivity index (χ2v) is 8.12. The Labute approximate surface area is 129 Å². The number of hydrogen-bond donors (Lipinski definition) is 0. The van der Waals surface area contributed by atoms with Crippen molar-refractivity contribution in [1.82, 2.24) is 4.90 Å². The minimum absolute atomic E-state index is 0.232. The van der Waals surface area contributed by atoms with Gasteiger partial charge < -0.3 is 0 Å². The molecule has 2 saturated heterocycles. The van der Waals surface area contributed by atoms with Crippen molar-refractivity contribution in [2.45, 2.75) is 38.6 Å². The fourth-order valence-electron chi connectivity index (χ4n) is 3.41. The molecule has 2 aliphatic rings. The molecule has 0 saturated carbocycles. The van der Waals surface area contributed by atoms with Crippen LogP contribution in [0.2, 0.25) is 0 Å². The fourth-order valence-corrected chi connectivity index (χ4v) is 5.44. The Morgan fingerprint density at radius 3 is 2.80 bits per heavy atom. The normalized spacial score (nSPS) is 25.8. The van der Waals surface area contributed by atoms with E-state index in [1.807, 2.05) is 5.38 Å². The molecule has 1 atom stereocenters. The zero-order valence-electron chi connectivity index (χ0n) is 12.1. The summed E-state index contributed by atoms with van der Waals surface area (Å²) in [6, 6.07) is 2.80. The number of aryl methyl sites for hydroxylation is 1. The Balaban J connectivity index is 1.65. The van der Waals surface area contributed by atoms with Crippen molar-refractivity contribution in [2.24, 2.45) is 5.92 Å². The molecule has 0 aliphatic carbocycles. The molecule has 0 radical (unpaired) electrons. The van der Waals surface area contributed by atoms with Gasteiger partial charge in [-0.1, -0.05) is 0 Å². The zero-order chi connectivity index (χ0) is 13.9. The number of Topliss-reactive ketones (excluding diaryl/α,β-unsaturated/α-hetero) is 1. The second-order valence-electron chi connectivity index (χ2n) is 5.97. The van der Waals surface area contributed by atoms with Crippen LogP contribution >= 0.6 is 23.1 Å². The first-order valence-corrected chi connectivity index (χ1v) is 9.69. The first kappa shape index (κ1) is 14.6. The van der Waals surface area contributed by atoms with Crippen LogP contribution in [0.3, 0.4) is 0 Å².